The second kappa shape index (κ2) is 5.59. The van der Waals surface area contributed by atoms with Crippen LogP contribution in [0.25, 0.3) is 0 Å². The molecule has 1 atom stereocenters. The first-order valence-electron chi connectivity index (χ1n) is 4.61. The molecule has 0 radical (unpaired) electrons. The van der Waals surface area contributed by atoms with E-state index in [4.69, 9.17) is 5.73 Å². The molecule has 0 aliphatic rings. The molecular formula is C8H15N5OS. The summed E-state index contributed by atoms with van der Waals surface area (Å²) in [7, 11) is 0. The lowest BCUT2D eigenvalue weighted by Crippen LogP contribution is -2.33. The minimum absolute atomic E-state index is 0.0805. The van der Waals surface area contributed by atoms with Crippen molar-refractivity contribution in [1.82, 2.24) is 20.5 Å². The SMILES string of the molecule is CSCCC(C)NC(=O)c1nc(N)n[nH]1. The molecule has 0 fully saturated rings. The number of H-pyrrole nitrogens is 1. The van der Waals surface area contributed by atoms with E-state index in [1.807, 2.05) is 13.2 Å². The highest BCUT2D eigenvalue weighted by Crippen LogP contribution is 2.01. The normalized spacial score (nSPS) is 12.4. The zero-order valence-corrected chi connectivity index (χ0v) is 9.60. The van der Waals surface area contributed by atoms with Crippen LogP contribution in [0.1, 0.15) is 24.0 Å². The summed E-state index contributed by atoms with van der Waals surface area (Å²) in [5, 5.41) is 8.85. The number of nitrogens with one attached hydrogen (secondary N) is 2. The summed E-state index contributed by atoms with van der Waals surface area (Å²) >= 11 is 1.75. The number of carbonyl (C=O) groups is 1. The van der Waals surface area contributed by atoms with Crippen LogP contribution < -0.4 is 11.1 Å². The molecular weight excluding hydrogens is 214 g/mol. The van der Waals surface area contributed by atoms with E-state index in [0.717, 1.165) is 12.2 Å². The van der Waals surface area contributed by atoms with Gasteiger partial charge in [0.15, 0.2) is 0 Å². The van der Waals surface area contributed by atoms with E-state index in [0.29, 0.717) is 0 Å². The minimum atomic E-state index is -0.271. The van der Waals surface area contributed by atoms with E-state index in [1.165, 1.54) is 0 Å². The van der Waals surface area contributed by atoms with Crippen molar-refractivity contribution in [3.63, 3.8) is 0 Å². The monoisotopic (exact) mass is 229 g/mol. The summed E-state index contributed by atoms with van der Waals surface area (Å²) in [4.78, 5) is 15.3. The molecule has 84 valence electrons. The molecule has 0 spiro atoms. The lowest BCUT2D eigenvalue weighted by Gasteiger charge is -2.11. The van der Waals surface area contributed by atoms with E-state index in [1.54, 1.807) is 11.8 Å². The highest BCUT2D eigenvalue weighted by atomic mass is 32.2. The number of hydrogen-bond donors (Lipinski definition) is 3. The first-order chi connectivity index (χ1) is 7.13. The molecule has 1 unspecified atom stereocenters. The van der Waals surface area contributed by atoms with Crippen LogP contribution in [0.3, 0.4) is 0 Å². The summed E-state index contributed by atoms with van der Waals surface area (Å²) in [6.45, 7) is 1.95. The number of carbonyl (C=O) groups excluding carboxylic acids is 1. The number of rotatable bonds is 5. The Balaban J connectivity index is 2.42. The first-order valence-corrected chi connectivity index (χ1v) is 6.00. The number of anilines is 1. The molecule has 7 heteroatoms. The molecule has 6 nitrogen and oxygen atoms in total. The predicted molar refractivity (Wildman–Crippen MR) is 60.7 cm³/mol. The van der Waals surface area contributed by atoms with Crippen LogP contribution >= 0.6 is 11.8 Å². The Bertz CT molecular complexity index is 327. The minimum Gasteiger partial charge on any atom is -0.366 e. The molecule has 0 bridgehead atoms. The highest BCUT2D eigenvalue weighted by Gasteiger charge is 2.12. The topological polar surface area (TPSA) is 96.7 Å². The lowest BCUT2D eigenvalue weighted by atomic mass is 10.2. The van der Waals surface area contributed by atoms with Gasteiger partial charge in [0, 0.05) is 6.04 Å². The van der Waals surface area contributed by atoms with Gasteiger partial charge in [-0.25, -0.2) is 0 Å². The summed E-state index contributed by atoms with van der Waals surface area (Å²) in [6.07, 6.45) is 2.96. The molecule has 0 aliphatic carbocycles. The van der Waals surface area contributed by atoms with E-state index < -0.39 is 0 Å². The lowest BCUT2D eigenvalue weighted by molar-refractivity contribution is 0.0929. The molecule has 0 aliphatic heterocycles. The van der Waals surface area contributed by atoms with Gasteiger partial charge < -0.3 is 11.1 Å². The van der Waals surface area contributed by atoms with Crippen LogP contribution in [0.5, 0.6) is 0 Å². The van der Waals surface area contributed by atoms with Crippen LogP contribution in [0.15, 0.2) is 0 Å². The Morgan fingerprint density at radius 1 is 1.73 bits per heavy atom. The van der Waals surface area contributed by atoms with E-state index in [-0.39, 0.29) is 23.7 Å². The Morgan fingerprint density at radius 3 is 3.00 bits per heavy atom. The molecule has 1 heterocycles. The van der Waals surface area contributed by atoms with Gasteiger partial charge in [-0.2, -0.15) is 16.7 Å². The summed E-state index contributed by atoms with van der Waals surface area (Å²) in [5.41, 5.74) is 5.29. The quantitative estimate of drug-likeness (QED) is 0.673. The molecule has 1 aromatic heterocycles. The fourth-order valence-electron chi connectivity index (χ4n) is 1.04. The Labute approximate surface area is 92.4 Å². The zero-order valence-electron chi connectivity index (χ0n) is 8.78. The zero-order chi connectivity index (χ0) is 11.3. The maximum atomic E-state index is 11.5. The average Bonchev–Trinajstić information content (AvgIpc) is 2.61. The Morgan fingerprint density at radius 2 is 2.47 bits per heavy atom. The third-order valence-electron chi connectivity index (χ3n) is 1.85. The van der Waals surface area contributed by atoms with Gasteiger partial charge in [0.05, 0.1) is 0 Å². The smallest absolute Gasteiger partial charge is 0.288 e. The number of thioether (sulfide) groups is 1. The van der Waals surface area contributed by atoms with Gasteiger partial charge >= 0.3 is 0 Å². The molecule has 0 saturated heterocycles. The van der Waals surface area contributed by atoms with Crippen molar-refractivity contribution in [1.29, 1.82) is 0 Å². The summed E-state index contributed by atoms with van der Waals surface area (Å²) in [6, 6.07) is 0.122. The van der Waals surface area contributed by atoms with Gasteiger partial charge in [0.25, 0.3) is 5.91 Å². The van der Waals surface area contributed by atoms with Gasteiger partial charge in [0.2, 0.25) is 11.8 Å². The molecule has 1 rings (SSSR count). The Hall–Kier alpha value is -1.24. The first kappa shape index (κ1) is 11.8. The average molecular weight is 229 g/mol. The van der Waals surface area contributed by atoms with Gasteiger partial charge in [-0.1, -0.05) is 0 Å². The van der Waals surface area contributed by atoms with Crippen molar-refractivity contribution in [2.75, 3.05) is 17.7 Å². The van der Waals surface area contributed by atoms with Crippen molar-refractivity contribution in [2.45, 2.75) is 19.4 Å². The van der Waals surface area contributed by atoms with Crippen molar-refractivity contribution >= 4 is 23.6 Å². The number of amides is 1. The van der Waals surface area contributed by atoms with E-state index in [9.17, 15) is 4.79 Å². The van der Waals surface area contributed by atoms with E-state index >= 15 is 0 Å². The number of aromatic nitrogens is 3. The molecule has 1 amide bonds. The van der Waals surface area contributed by atoms with Crippen LogP contribution in [0, 0.1) is 0 Å². The number of aromatic amines is 1. The number of nitrogens with zero attached hydrogens (tertiary/aromatic N) is 2. The van der Waals surface area contributed by atoms with Crippen LogP contribution in [0.4, 0.5) is 5.95 Å². The third kappa shape index (κ3) is 3.78. The van der Waals surface area contributed by atoms with Gasteiger partial charge in [0.1, 0.15) is 0 Å². The van der Waals surface area contributed by atoms with Gasteiger partial charge in [-0.05, 0) is 25.4 Å². The third-order valence-corrected chi connectivity index (χ3v) is 2.49. The van der Waals surface area contributed by atoms with Crippen LogP contribution in [-0.4, -0.2) is 39.1 Å². The van der Waals surface area contributed by atoms with Crippen molar-refractivity contribution in [2.24, 2.45) is 0 Å². The largest absolute Gasteiger partial charge is 0.366 e. The van der Waals surface area contributed by atoms with E-state index in [2.05, 4.69) is 20.5 Å². The summed E-state index contributed by atoms with van der Waals surface area (Å²) in [5.74, 6) is 0.980. The molecule has 0 aromatic carbocycles. The van der Waals surface area contributed by atoms with Gasteiger partial charge in [-0.15, -0.1) is 5.10 Å². The fraction of sp³-hybridized carbons (Fsp3) is 0.625. The standard InChI is InChI=1S/C8H15N5OS/c1-5(3-4-15-2)10-7(14)6-11-8(9)13-12-6/h5H,3-4H2,1-2H3,(H,10,14)(H3,9,11,12,13). The number of nitrogens with two attached hydrogens (primary N) is 1. The molecule has 0 saturated carbocycles. The second-order valence-electron chi connectivity index (χ2n) is 3.20. The molecule has 4 N–H and O–H groups in total. The van der Waals surface area contributed by atoms with Crippen molar-refractivity contribution in [3.8, 4) is 0 Å². The second-order valence-corrected chi connectivity index (χ2v) is 4.18. The van der Waals surface area contributed by atoms with Crippen LogP contribution in [-0.2, 0) is 0 Å². The van der Waals surface area contributed by atoms with Crippen molar-refractivity contribution < 1.29 is 4.79 Å². The maximum absolute atomic E-state index is 11.5. The van der Waals surface area contributed by atoms with Crippen LogP contribution in [0.2, 0.25) is 0 Å². The van der Waals surface area contributed by atoms with Crippen molar-refractivity contribution in [3.05, 3.63) is 5.82 Å². The predicted octanol–water partition coefficient (Wildman–Crippen LogP) is 0.258. The van der Waals surface area contributed by atoms with Gasteiger partial charge in [-0.3, -0.25) is 9.89 Å². The number of hydrogen-bond acceptors (Lipinski definition) is 5. The molecule has 15 heavy (non-hydrogen) atoms. The fourth-order valence-corrected chi connectivity index (χ4v) is 1.62. The maximum Gasteiger partial charge on any atom is 0.288 e. The molecule has 1 aromatic rings. The summed E-state index contributed by atoms with van der Waals surface area (Å²) < 4.78 is 0. The number of nitrogen functional groups attached to an aromatic ring is 1. The Kier molecular flexibility index (Phi) is 4.41. The highest BCUT2D eigenvalue weighted by molar-refractivity contribution is 7.98.